The number of rotatable bonds is 2. The number of hydrogen-bond donors (Lipinski definition) is 0. The summed E-state index contributed by atoms with van der Waals surface area (Å²) in [5, 5.41) is 0. The van der Waals surface area contributed by atoms with Crippen LogP contribution in [0.1, 0.15) is 64.1 Å². The van der Waals surface area contributed by atoms with Gasteiger partial charge in [-0.25, -0.2) is 9.59 Å². The lowest BCUT2D eigenvalue weighted by atomic mass is 9.97. The zero-order valence-corrected chi connectivity index (χ0v) is 20.7. The second-order valence-electron chi connectivity index (χ2n) is 9.41. The third kappa shape index (κ3) is 6.08. The third-order valence-corrected chi connectivity index (χ3v) is 6.02. The Balaban J connectivity index is 1.65. The van der Waals surface area contributed by atoms with Gasteiger partial charge in [0.2, 0.25) is 0 Å². The first kappa shape index (κ1) is 24.9. The van der Waals surface area contributed by atoms with Crippen molar-refractivity contribution in [3.8, 4) is 0 Å². The highest BCUT2D eigenvalue weighted by Crippen LogP contribution is 2.34. The van der Waals surface area contributed by atoms with Gasteiger partial charge in [-0.2, -0.15) is 0 Å². The van der Waals surface area contributed by atoms with Crippen molar-refractivity contribution in [3.05, 3.63) is 88.5 Å². The monoisotopic (exact) mass is 476 g/mol. The number of fused-ring (bicyclic) bond motifs is 2. The molecule has 0 radical (unpaired) electrons. The molecule has 1 fully saturated rings. The molecule has 2 heterocycles. The van der Waals surface area contributed by atoms with Gasteiger partial charge in [-0.3, -0.25) is 0 Å². The fourth-order valence-electron chi connectivity index (χ4n) is 4.57. The highest BCUT2D eigenvalue weighted by atomic mass is 16.8. The zero-order valence-electron chi connectivity index (χ0n) is 20.7. The van der Waals surface area contributed by atoms with Crippen LogP contribution in [0.2, 0.25) is 0 Å². The molecule has 4 rings (SSSR count). The van der Waals surface area contributed by atoms with Crippen LogP contribution in [0.15, 0.2) is 60.7 Å². The van der Waals surface area contributed by atoms with E-state index in [1.165, 1.54) is 0 Å². The molecular formula is C29H32O6. The first-order valence-corrected chi connectivity index (χ1v) is 12.0. The summed E-state index contributed by atoms with van der Waals surface area (Å²) in [7, 11) is 0. The number of benzene rings is 2. The van der Waals surface area contributed by atoms with Crippen LogP contribution >= 0.6 is 0 Å². The van der Waals surface area contributed by atoms with Crippen LogP contribution in [-0.4, -0.2) is 42.6 Å². The number of cyclic esters (lactones) is 1. The number of esters is 2. The molecule has 0 N–H and O–H groups in total. The second-order valence-corrected chi connectivity index (χ2v) is 9.41. The van der Waals surface area contributed by atoms with Crippen LogP contribution in [0, 0.1) is 13.8 Å². The van der Waals surface area contributed by atoms with Gasteiger partial charge in [0.15, 0.2) is 5.79 Å². The van der Waals surface area contributed by atoms with Crippen molar-refractivity contribution < 1.29 is 28.5 Å². The minimum absolute atomic E-state index is 0.210. The summed E-state index contributed by atoms with van der Waals surface area (Å²) in [5.41, 5.74) is 3.79. The maximum Gasteiger partial charge on any atom is 0.339 e. The fourth-order valence-corrected chi connectivity index (χ4v) is 4.57. The van der Waals surface area contributed by atoms with Gasteiger partial charge in [0, 0.05) is 0 Å². The van der Waals surface area contributed by atoms with Gasteiger partial charge in [-0.05, 0) is 69.9 Å². The summed E-state index contributed by atoms with van der Waals surface area (Å²) in [6.45, 7) is 7.84. The van der Waals surface area contributed by atoms with E-state index < -0.39 is 24.0 Å². The Morgan fingerprint density at radius 1 is 1.06 bits per heavy atom. The minimum Gasteiger partial charge on any atom is -0.462 e. The Labute approximate surface area is 206 Å². The van der Waals surface area contributed by atoms with Crippen molar-refractivity contribution in [2.24, 2.45) is 0 Å². The predicted octanol–water partition coefficient (Wildman–Crippen LogP) is 5.57. The molecule has 0 spiro atoms. The predicted molar refractivity (Wildman–Crippen MR) is 133 cm³/mol. The maximum atomic E-state index is 12.8. The number of hydrogen-bond acceptors (Lipinski definition) is 6. The van der Waals surface area contributed by atoms with Crippen molar-refractivity contribution >= 4 is 18.0 Å². The van der Waals surface area contributed by atoms with E-state index in [1.54, 1.807) is 30.3 Å². The summed E-state index contributed by atoms with van der Waals surface area (Å²) in [4.78, 5) is 25.7. The Morgan fingerprint density at radius 2 is 1.83 bits per heavy atom. The lowest BCUT2D eigenvalue weighted by Gasteiger charge is -2.24. The van der Waals surface area contributed by atoms with E-state index in [9.17, 15) is 9.59 Å². The van der Waals surface area contributed by atoms with E-state index in [4.69, 9.17) is 18.9 Å². The highest BCUT2D eigenvalue weighted by molar-refractivity contribution is 5.95. The Morgan fingerprint density at radius 3 is 2.60 bits per heavy atom. The quantitative estimate of drug-likeness (QED) is 0.417. The van der Waals surface area contributed by atoms with E-state index in [0.717, 1.165) is 16.7 Å². The second kappa shape index (κ2) is 10.6. The Kier molecular flexibility index (Phi) is 7.53. The SMILES string of the molecule is Cc1cc(C)c2c(c1)/C=C/C[C@@H]1OC(C)(C)O[C@@H]1C(OC(=O)c1ccccc1)/C=C\CCOC2=O. The standard InChI is InChI=1S/C29H32O6/c1-19-17-20(2)25-22(18-19)13-10-15-24-26(35-29(3,4)34-24)23(14-8-9-16-32-28(25)31)33-27(30)21-11-6-5-7-12-21/h5-8,10-14,17-18,23-24,26H,9,15-16H2,1-4H3/b13-10+,14-8-/t23?,24-,26+/m0/s1. The Hall–Kier alpha value is -3.22. The zero-order chi connectivity index (χ0) is 25.0. The molecule has 0 aliphatic carbocycles. The maximum absolute atomic E-state index is 12.8. The summed E-state index contributed by atoms with van der Waals surface area (Å²) in [6.07, 6.45) is 7.03. The lowest BCUT2D eigenvalue weighted by Crippen LogP contribution is -2.37. The normalized spacial score (nSPS) is 25.9. The topological polar surface area (TPSA) is 71.1 Å². The first-order valence-electron chi connectivity index (χ1n) is 12.0. The number of aryl methyl sites for hydroxylation is 2. The molecule has 6 heteroatoms. The fraction of sp³-hybridized carbons (Fsp3) is 0.379. The third-order valence-electron chi connectivity index (χ3n) is 6.02. The largest absolute Gasteiger partial charge is 0.462 e. The lowest BCUT2D eigenvalue weighted by molar-refractivity contribution is -0.152. The summed E-state index contributed by atoms with van der Waals surface area (Å²) in [6, 6.07) is 12.8. The molecule has 3 atom stereocenters. The van der Waals surface area contributed by atoms with Crippen LogP contribution in [0.4, 0.5) is 0 Å². The van der Waals surface area contributed by atoms with Crippen LogP contribution in [0.25, 0.3) is 6.08 Å². The molecule has 0 saturated carbocycles. The molecule has 2 aromatic rings. The van der Waals surface area contributed by atoms with Crippen molar-refractivity contribution in [3.63, 3.8) is 0 Å². The molecular weight excluding hydrogens is 444 g/mol. The van der Waals surface area contributed by atoms with Crippen LogP contribution in [0.5, 0.6) is 0 Å². The number of carbonyl (C=O) groups is 2. The first-order chi connectivity index (χ1) is 16.7. The minimum atomic E-state index is -0.827. The van der Waals surface area contributed by atoms with Gasteiger partial charge in [-0.1, -0.05) is 54.1 Å². The van der Waals surface area contributed by atoms with Crippen molar-refractivity contribution in [2.75, 3.05) is 6.61 Å². The summed E-state index contributed by atoms with van der Waals surface area (Å²) < 4.78 is 23.9. The molecule has 2 aliphatic heterocycles. The van der Waals surface area contributed by atoms with Gasteiger partial charge < -0.3 is 18.9 Å². The summed E-state index contributed by atoms with van der Waals surface area (Å²) in [5.74, 6) is -1.61. The number of ether oxygens (including phenoxy) is 4. The van der Waals surface area contributed by atoms with Gasteiger partial charge in [-0.15, -0.1) is 0 Å². The van der Waals surface area contributed by atoms with Crippen molar-refractivity contribution in [1.29, 1.82) is 0 Å². The number of carbonyl (C=O) groups excluding carboxylic acids is 2. The van der Waals surface area contributed by atoms with Crippen LogP contribution in [-0.2, 0) is 18.9 Å². The van der Waals surface area contributed by atoms with Gasteiger partial charge in [0.25, 0.3) is 0 Å². The molecule has 6 nitrogen and oxygen atoms in total. The van der Waals surface area contributed by atoms with E-state index in [-0.39, 0.29) is 18.7 Å². The van der Waals surface area contributed by atoms with Gasteiger partial charge in [0.1, 0.15) is 12.2 Å². The van der Waals surface area contributed by atoms with E-state index in [0.29, 0.717) is 24.0 Å². The van der Waals surface area contributed by atoms with Crippen molar-refractivity contribution in [1.82, 2.24) is 0 Å². The molecule has 0 amide bonds. The molecule has 1 saturated heterocycles. The van der Waals surface area contributed by atoms with Crippen LogP contribution < -0.4 is 0 Å². The smallest absolute Gasteiger partial charge is 0.339 e. The average molecular weight is 477 g/mol. The van der Waals surface area contributed by atoms with Gasteiger partial charge in [0.05, 0.1) is 23.8 Å². The van der Waals surface area contributed by atoms with Crippen molar-refractivity contribution in [2.45, 2.75) is 64.6 Å². The molecule has 2 aliphatic rings. The van der Waals surface area contributed by atoms with E-state index in [2.05, 4.69) is 0 Å². The van der Waals surface area contributed by atoms with E-state index >= 15 is 0 Å². The van der Waals surface area contributed by atoms with Gasteiger partial charge >= 0.3 is 11.9 Å². The molecule has 0 bridgehead atoms. The Bertz CT molecular complexity index is 1130. The molecule has 35 heavy (non-hydrogen) atoms. The van der Waals surface area contributed by atoms with Crippen LogP contribution in [0.3, 0.4) is 0 Å². The molecule has 0 aromatic heterocycles. The molecule has 1 unspecified atom stereocenters. The average Bonchev–Trinajstić information content (AvgIpc) is 3.11. The molecule has 2 aromatic carbocycles. The molecule has 184 valence electrons. The van der Waals surface area contributed by atoms with E-state index in [1.807, 2.05) is 64.1 Å². The summed E-state index contributed by atoms with van der Waals surface area (Å²) >= 11 is 0. The highest BCUT2D eigenvalue weighted by Gasteiger charge is 2.45.